The molecule has 1 amide bonds. The Morgan fingerprint density at radius 1 is 1.03 bits per heavy atom. The summed E-state index contributed by atoms with van der Waals surface area (Å²) in [6.07, 6.45) is 7.18. The van der Waals surface area contributed by atoms with Gasteiger partial charge in [0.25, 0.3) is 0 Å². The molecule has 29 heavy (non-hydrogen) atoms. The highest BCUT2D eigenvalue weighted by Gasteiger charge is 2.38. The molecule has 0 saturated carbocycles. The van der Waals surface area contributed by atoms with E-state index in [0.29, 0.717) is 13.1 Å². The molecule has 0 bridgehead atoms. The van der Waals surface area contributed by atoms with Gasteiger partial charge in [0, 0.05) is 38.1 Å². The second kappa shape index (κ2) is 7.17. The number of hydrogen-bond donors (Lipinski definition) is 0. The van der Waals surface area contributed by atoms with E-state index in [1.165, 1.54) is 11.1 Å². The van der Waals surface area contributed by atoms with E-state index in [-0.39, 0.29) is 18.0 Å². The summed E-state index contributed by atoms with van der Waals surface area (Å²) in [7, 11) is 2.05. The lowest BCUT2D eigenvalue weighted by Crippen LogP contribution is -2.31. The van der Waals surface area contributed by atoms with E-state index in [1.807, 2.05) is 47.5 Å². The van der Waals surface area contributed by atoms with Crippen LogP contribution in [-0.4, -0.2) is 41.5 Å². The van der Waals surface area contributed by atoms with Crippen molar-refractivity contribution in [3.63, 3.8) is 0 Å². The zero-order chi connectivity index (χ0) is 19.8. The molecule has 2 aromatic carbocycles. The van der Waals surface area contributed by atoms with Gasteiger partial charge in [-0.2, -0.15) is 0 Å². The van der Waals surface area contributed by atoms with Crippen LogP contribution in [0.15, 0.2) is 82.3 Å². The van der Waals surface area contributed by atoms with Crippen LogP contribution in [0.2, 0.25) is 0 Å². The molecule has 0 aromatic heterocycles. The van der Waals surface area contributed by atoms with Crippen LogP contribution in [0.4, 0.5) is 0 Å². The Labute approximate surface area is 170 Å². The van der Waals surface area contributed by atoms with Crippen LogP contribution >= 0.6 is 0 Å². The molecule has 0 fully saturated rings. The fraction of sp³-hybridized carbons (Fsp3) is 0.208. The first-order chi connectivity index (χ1) is 14.2. The molecular formula is C24H22N4O. The Morgan fingerprint density at radius 3 is 2.45 bits per heavy atom. The number of carbonyl (C=O) groups is 1. The molecule has 5 heteroatoms. The number of rotatable bonds is 3. The highest BCUT2D eigenvalue weighted by molar-refractivity contribution is 5.91. The van der Waals surface area contributed by atoms with Crippen molar-refractivity contribution in [3.8, 4) is 0 Å². The second-order valence-corrected chi connectivity index (χ2v) is 7.58. The molecule has 0 N–H and O–H groups in total. The molecule has 3 aliphatic heterocycles. The number of nitrogens with zero attached hydrogens (tertiary/aromatic N) is 4. The maximum atomic E-state index is 12.9. The smallest absolute Gasteiger partial charge is 0.247 e. The number of carbonyl (C=O) groups excluding carboxylic acids is 1. The standard InChI is InChI=1S/C24H22N4O/c1-27-23(17-7-3-2-4-8-17)20(21-13-25-16-26-24(21)27)11-12-22(29)28-14-18-9-5-6-10-19(18)15-28/h2-13,16,21,24H,14-15H2,1H3/b12-11+. The molecule has 144 valence electrons. The normalized spacial score (nSPS) is 22.5. The molecule has 0 spiro atoms. The predicted molar refractivity (Wildman–Crippen MR) is 115 cm³/mol. The van der Waals surface area contributed by atoms with E-state index in [4.69, 9.17) is 0 Å². The Bertz CT molecular complexity index is 1040. The number of allylic oxidation sites excluding steroid dienone is 1. The maximum Gasteiger partial charge on any atom is 0.247 e. The summed E-state index contributed by atoms with van der Waals surface area (Å²) >= 11 is 0. The Balaban J connectivity index is 1.46. The van der Waals surface area contributed by atoms with Crippen molar-refractivity contribution in [2.75, 3.05) is 7.05 Å². The summed E-state index contributed by atoms with van der Waals surface area (Å²) in [6, 6.07) is 18.5. The van der Waals surface area contributed by atoms with Crippen LogP contribution in [0.25, 0.3) is 5.70 Å². The van der Waals surface area contributed by atoms with Gasteiger partial charge in [0.15, 0.2) is 0 Å². The molecule has 3 heterocycles. The third-order valence-electron chi connectivity index (χ3n) is 5.84. The molecule has 2 unspecified atom stereocenters. The first kappa shape index (κ1) is 17.6. The zero-order valence-electron chi connectivity index (χ0n) is 16.3. The van der Waals surface area contributed by atoms with E-state index in [9.17, 15) is 4.79 Å². The van der Waals surface area contributed by atoms with E-state index in [2.05, 4.69) is 46.2 Å². The summed E-state index contributed by atoms with van der Waals surface area (Å²) in [4.78, 5) is 25.8. The maximum absolute atomic E-state index is 12.9. The minimum Gasteiger partial charge on any atom is -0.351 e. The number of benzene rings is 2. The van der Waals surface area contributed by atoms with Gasteiger partial charge in [0.05, 0.1) is 5.92 Å². The lowest BCUT2D eigenvalue weighted by Gasteiger charge is -2.25. The lowest BCUT2D eigenvalue weighted by atomic mass is 9.96. The highest BCUT2D eigenvalue weighted by Crippen LogP contribution is 2.40. The van der Waals surface area contributed by atoms with Gasteiger partial charge in [0.1, 0.15) is 12.5 Å². The molecule has 0 aliphatic carbocycles. The van der Waals surface area contributed by atoms with Crippen LogP contribution in [0.5, 0.6) is 0 Å². The van der Waals surface area contributed by atoms with Crippen molar-refractivity contribution in [1.82, 2.24) is 9.80 Å². The molecule has 5 nitrogen and oxygen atoms in total. The monoisotopic (exact) mass is 382 g/mol. The largest absolute Gasteiger partial charge is 0.351 e. The van der Waals surface area contributed by atoms with E-state index in [1.54, 1.807) is 12.4 Å². The van der Waals surface area contributed by atoms with Crippen molar-refractivity contribution < 1.29 is 4.79 Å². The minimum absolute atomic E-state index is 0.0199. The Morgan fingerprint density at radius 2 is 1.72 bits per heavy atom. The van der Waals surface area contributed by atoms with Crippen molar-refractivity contribution in [3.05, 3.63) is 89.0 Å². The first-order valence-corrected chi connectivity index (χ1v) is 9.83. The quantitative estimate of drug-likeness (QED) is 0.763. The summed E-state index contributed by atoms with van der Waals surface area (Å²) < 4.78 is 0. The molecule has 0 radical (unpaired) electrons. The van der Waals surface area contributed by atoms with Crippen LogP contribution in [0.3, 0.4) is 0 Å². The number of amides is 1. The summed E-state index contributed by atoms with van der Waals surface area (Å²) in [5.74, 6) is 0.0727. The predicted octanol–water partition coefficient (Wildman–Crippen LogP) is 3.50. The van der Waals surface area contributed by atoms with E-state index in [0.717, 1.165) is 16.8 Å². The number of hydrogen-bond acceptors (Lipinski definition) is 4. The first-order valence-electron chi connectivity index (χ1n) is 9.83. The van der Waals surface area contributed by atoms with Crippen molar-refractivity contribution in [1.29, 1.82) is 0 Å². The Hall–Kier alpha value is -3.47. The fourth-order valence-electron chi connectivity index (χ4n) is 4.40. The molecule has 2 atom stereocenters. The summed E-state index contributed by atoms with van der Waals surface area (Å²) in [5, 5.41) is 0. The topological polar surface area (TPSA) is 48.3 Å². The van der Waals surface area contributed by atoms with Crippen LogP contribution in [0.1, 0.15) is 16.7 Å². The van der Waals surface area contributed by atoms with Gasteiger partial charge >= 0.3 is 0 Å². The van der Waals surface area contributed by atoms with Gasteiger partial charge in [-0.1, -0.05) is 60.7 Å². The Kier molecular flexibility index (Phi) is 4.35. The van der Waals surface area contributed by atoms with Crippen LogP contribution in [0, 0.1) is 5.92 Å². The van der Waals surface area contributed by atoms with E-state index >= 15 is 0 Å². The average molecular weight is 382 g/mol. The lowest BCUT2D eigenvalue weighted by molar-refractivity contribution is -0.126. The van der Waals surface area contributed by atoms with Crippen LogP contribution in [-0.2, 0) is 17.9 Å². The number of fused-ring (bicyclic) bond motifs is 2. The molecule has 0 saturated heterocycles. The van der Waals surface area contributed by atoms with E-state index < -0.39 is 0 Å². The van der Waals surface area contributed by atoms with Gasteiger partial charge in [-0.3, -0.25) is 4.79 Å². The highest BCUT2D eigenvalue weighted by atomic mass is 16.2. The molecular weight excluding hydrogens is 360 g/mol. The third-order valence-corrected chi connectivity index (χ3v) is 5.84. The average Bonchev–Trinajstić information content (AvgIpc) is 3.32. The molecule has 3 aliphatic rings. The van der Waals surface area contributed by atoms with Crippen molar-refractivity contribution >= 4 is 24.2 Å². The van der Waals surface area contributed by atoms with Gasteiger partial charge in [-0.05, 0) is 22.3 Å². The number of aliphatic imine (C=N–C) groups is 2. The van der Waals surface area contributed by atoms with Gasteiger partial charge in [0.2, 0.25) is 5.91 Å². The summed E-state index contributed by atoms with van der Waals surface area (Å²) in [6.45, 7) is 1.34. The third kappa shape index (κ3) is 3.09. The second-order valence-electron chi connectivity index (χ2n) is 7.58. The molecule has 5 rings (SSSR count). The van der Waals surface area contributed by atoms with Gasteiger partial charge < -0.3 is 9.80 Å². The van der Waals surface area contributed by atoms with Gasteiger partial charge in [-0.25, -0.2) is 9.98 Å². The zero-order valence-corrected chi connectivity index (χ0v) is 16.3. The SMILES string of the molecule is CN1C(c2ccccc2)=C(/C=C/C(=O)N2Cc3ccccc3C2)C2C=NC=NC21. The fourth-order valence-corrected chi connectivity index (χ4v) is 4.40. The van der Waals surface area contributed by atoms with Crippen molar-refractivity contribution in [2.24, 2.45) is 15.9 Å². The van der Waals surface area contributed by atoms with Crippen molar-refractivity contribution in [2.45, 2.75) is 19.3 Å². The summed E-state index contributed by atoms with van der Waals surface area (Å²) in [5.41, 5.74) is 5.75. The van der Waals surface area contributed by atoms with Crippen LogP contribution < -0.4 is 0 Å². The molecule has 2 aromatic rings. The minimum atomic E-state index is -0.0199. The van der Waals surface area contributed by atoms with Gasteiger partial charge in [-0.15, -0.1) is 0 Å².